The lowest BCUT2D eigenvalue weighted by molar-refractivity contribution is 0.470. The van der Waals surface area contributed by atoms with Crippen LogP contribution < -0.4 is 30.8 Å². The Labute approximate surface area is 394 Å². The van der Waals surface area contributed by atoms with Crippen molar-refractivity contribution < 1.29 is 9.47 Å². The molecule has 14 rings (SSSR count). The molecule has 0 saturated heterocycles. The first kappa shape index (κ1) is 38.5. The molecule has 4 heterocycles. The molecule has 0 radical (unpaired) electrons. The van der Waals surface area contributed by atoms with E-state index in [-0.39, 0.29) is 6.71 Å². The van der Waals surface area contributed by atoms with E-state index in [9.17, 15) is 0 Å². The lowest BCUT2D eigenvalue weighted by Gasteiger charge is -2.34. The molecule has 0 spiro atoms. The van der Waals surface area contributed by atoms with Crippen LogP contribution in [0, 0.1) is 13.8 Å². The SMILES string of the molecule is Cc1ccc(N(c2ccc(C)cc2)c2ccc3c4c5c(ccc4n(-c4ccccc4)c3c2)B2c3ccc4c(c3Oc3cc(-c6ccccc6)cc(c32)O5)c2ccccc2n4-c2ccccc2)cc1. The quantitative estimate of drug-likeness (QED) is 0.156. The van der Waals surface area contributed by atoms with Gasteiger partial charge in [0, 0.05) is 44.7 Å². The van der Waals surface area contributed by atoms with Gasteiger partial charge in [-0.3, -0.25) is 0 Å². The number of rotatable bonds is 6. The van der Waals surface area contributed by atoms with Crippen LogP contribution in [0.25, 0.3) is 66.1 Å². The molecule has 2 aliphatic rings. The molecule has 68 heavy (non-hydrogen) atoms. The molecule has 0 unspecified atom stereocenters. The predicted octanol–water partition coefficient (Wildman–Crippen LogP) is 14.4. The van der Waals surface area contributed by atoms with Crippen molar-refractivity contribution >= 4 is 83.8 Å². The standard InChI is InChI=1S/C62H42BN3O2/c1-39-22-26-45(27-23-39)64(46-28-24-40(2)25-29-46)47-30-31-49-55(38-47)66(44-18-10-5-11-19-44)54-35-33-51-62(59(49)54)68-57-37-42(41-14-6-3-7-15-41)36-56-60(57)63(51)50-32-34-53-58(61(50)67-56)48-20-12-13-21-52(48)65(53)43-16-8-4-9-17-43/h3-38H,1-2H3. The Morgan fingerprint density at radius 1 is 0.382 bits per heavy atom. The van der Waals surface area contributed by atoms with Gasteiger partial charge in [0.1, 0.15) is 23.0 Å². The highest BCUT2D eigenvalue weighted by Crippen LogP contribution is 2.47. The molecule has 0 N–H and O–H groups in total. The summed E-state index contributed by atoms with van der Waals surface area (Å²) in [6, 6.07) is 78.7. The highest BCUT2D eigenvalue weighted by molar-refractivity contribution is 6.98. The van der Waals surface area contributed by atoms with E-state index in [0.29, 0.717) is 0 Å². The van der Waals surface area contributed by atoms with Crippen LogP contribution in [-0.4, -0.2) is 15.8 Å². The Morgan fingerprint density at radius 3 is 1.41 bits per heavy atom. The maximum atomic E-state index is 7.42. The minimum atomic E-state index is -0.155. The van der Waals surface area contributed by atoms with Gasteiger partial charge in [-0.05, 0) is 133 Å². The molecular weight excluding hydrogens is 830 g/mol. The lowest BCUT2D eigenvalue weighted by Crippen LogP contribution is -2.57. The van der Waals surface area contributed by atoms with Gasteiger partial charge >= 0.3 is 0 Å². The van der Waals surface area contributed by atoms with E-state index in [1.807, 2.05) is 0 Å². The summed E-state index contributed by atoms with van der Waals surface area (Å²) in [5.41, 5.74) is 17.8. The van der Waals surface area contributed by atoms with Crippen LogP contribution in [0.5, 0.6) is 23.0 Å². The van der Waals surface area contributed by atoms with E-state index in [1.165, 1.54) is 11.1 Å². The van der Waals surface area contributed by atoms with Crippen LogP contribution in [0.1, 0.15) is 11.1 Å². The molecule has 2 aromatic heterocycles. The number of aryl methyl sites for hydroxylation is 2. The van der Waals surface area contributed by atoms with Crippen LogP contribution >= 0.6 is 0 Å². The topological polar surface area (TPSA) is 31.6 Å². The smallest absolute Gasteiger partial charge is 0.260 e. The Morgan fingerprint density at radius 2 is 0.853 bits per heavy atom. The van der Waals surface area contributed by atoms with E-state index in [1.54, 1.807) is 0 Å². The zero-order valence-electron chi connectivity index (χ0n) is 37.5. The Hall–Kier alpha value is -8.74. The van der Waals surface area contributed by atoms with Gasteiger partial charge in [-0.25, -0.2) is 0 Å². The van der Waals surface area contributed by atoms with Gasteiger partial charge in [-0.1, -0.05) is 132 Å². The van der Waals surface area contributed by atoms with Crippen molar-refractivity contribution in [1.82, 2.24) is 9.13 Å². The van der Waals surface area contributed by atoms with Crippen molar-refractivity contribution in [2.24, 2.45) is 0 Å². The summed E-state index contributed by atoms with van der Waals surface area (Å²) < 4.78 is 19.5. The zero-order valence-corrected chi connectivity index (χ0v) is 37.5. The number of benzene rings is 10. The highest BCUT2D eigenvalue weighted by atomic mass is 16.5. The number of aromatic nitrogens is 2. The third-order valence-corrected chi connectivity index (χ3v) is 14.1. The fourth-order valence-electron chi connectivity index (χ4n) is 11.0. The first-order valence-corrected chi connectivity index (χ1v) is 23.4. The number of fused-ring (bicyclic) bond motifs is 12. The van der Waals surface area contributed by atoms with Crippen molar-refractivity contribution in [1.29, 1.82) is 0 Å². The summed E-state index contributed by atoms with van der Waals surface area (Å²) in [5.74, 6) is 3.39. The van der Waals surface area contributed by atoms with E-state index < -0.39 is 0 Å². The molecule has 0 saturated carbocycles. The minimum Gasteiger partial charge on any atom is -0.458 e. The zero-order chi connectivity index (χ0) is 45.0. The summed E-state index contributed by atoms with van der Waals surface area (Å²) in [6.07, 6.45) is 0. The van der Waals surface area contributed by atoms with Crippen LogP contribution in [0.3, 0.4) is 0 Å². The first-order valence-electron chi connectivity index (χ1n) is 23.4. The summed E-state index contributed by atoms with van der Waals surface area (Å²) >= 11 is 0. The van der Waals surface area contributed by atoms with E-state index in [0.717, 1.165) is 123 Å². The summed E-state index contributed by atoms with van der Waals surface area (Å²) in [5, 5.41) is 4.46. The van der Waals surface area contributed by atoms with Gasteiger partial charge in [-0.15, -0.1) is 0 Å². The number of anilines is 3. The predicted molar refractivity (Wildman–Crippen MR) is 282 cm³/mol. The average molecular weight is 872 g/mol. The van der Waals surface area contributed by atoms with Gasteiger partial charge < -0.3 is 23.5 Å². The second-order valence-corrected chi connectivity index (χ2v) is 18.2. The molecular formula is C62H42BN3O2. The molecule has 0 amide bonds. The Bertz CT molecular complexity index is 3930. The number of nitrogens with zero attached hydrogens (tertiary/aromatic N) is 3. The molecule has 2 aliphatic heterocycles. The second kappa shape index (κ2) is 14.9. The molecule has 0 aliphatic carbocycles. The molecule has 10 aromatic carbocycles. The molecule has 5 nitrogen and oxygen atoms in total. The molecule has 6 heteroatoms. The fraction of sp³-hybridized carbons (Fsp3) is 0.0323. The van der Waals surface area contributed by atoms with E-state index in [4.69, 9.17) is 9.47 Å². The van der Waals surface area contributed by atoms with E-state index in [2.05, 4.69) is 246 Å². The van der Waals surface area contributed by atoms with Crippen molar-refractivity contribution in [3.8, 4) is 45.5 Å². The summed E-state index contributed by atoms with van der Waals surface area (Å²) in [7, 11) is 0. The maximum Gasteiger partial charge on any atom is 0.260 e. The number of para-hydroxylation sites is 3. The van der Waals surface area contributed by atoms with E-state index >= 15 is 0 Å². The molecule has 0 atom stereocenters. The highest BCUT2D eigenvalue weighted by Gasteiger charge is 2.43. The van der Waals surface area contributed by atoms with Crippen molar-refractivity contribution in [2.45, 2.75) is 13.8 Å². The van der Waals surface area contributed by atoms with Crippen molar-refractivity contribution in [2.75, 3.05) is 4.90 Å². The Kier molecular flexibility index (Phi) is 8.44. The summed E-state index contributed by atoms with van der Waals surface area (Å²) in [4.78, 5) is 2.36. The van der Waals surface area contributed by atoms with Crippen LogP contribution in [0.4, 0.5) is 17.1 Å². The third kappa shape index (κ3) is 5.77. The van der Waals surface area contributed by atoms with Gasteiger partial charge in [0.25, 0.3) is 6.71 Å². The Balaban J connectivity index is 1.05. The lowest BCUT2D eigenvalue weighted by atomic mass is 9.34. The van der Waals surface area contributed by atoms with Crippen LogP contribution in [0.15, 0.2) is 218 Å². The first-order chi connectivity index (χ1) is 33.6. The van der Waals surface area contributed by atoms with Crippen LogP contribution in [0.2, 0.25) is 0 Å². The third-order valence-electron chi connectivity index (χ3n) is 14.1. The van der Waals surface area contributed by atoms with Gasteiger partial charge in [0.05, 0.1) is 32.8 Å². The number of hydrogen-bond acceptors (Lipinski definition) is 3. The molecule has 12 aromatic rings. The van der Waals surface area contributed by atoms with Crippen molar-refractivity contribution in [3.63, 3.8) is 0 Å². The van der Waals surface area contributed by atoms with Gasteiger partial charge in [0.2, 0.25) is 0 Å². The minimum absolute atomic E-state index is 0.155. The summed E-state index contributed by atoms with van der Waals surface area (Å²) in [6.45, 7) is 4.12. The van der Waals surface area contributed by atoms with Crippen LogP contribution in [-0.2, 0) is 0 Å². The molecule has 320 valence electrons. The molecule has 0 fully saturated rings. The van der Waals surface area contributed by atoms with Crippen molar-refractivity contribution in [3.05, 3.63) is 230 Å². The largest absolute Gasteiger partial charge is 0.458 e. The number of hydrogen-bond donors (Lipinski definition) is 0. The normalized spacial score (nSPS) is 12.5. The monoisotopic (exact) mass is 871 g/mol. The van der Waals surface area contributed by atoms with Gasteiger partial charge in [-0.2, -0.15) is 0 Å². The van der Waals surface area contributed by atoms with Gasteiger partial charge in [0.15, 0.2) is 0 Å². The number of ether oxygens (including phenoxy) is 2. The molecule has 0 bridgehead atoms. The maximum absolute atomic E-state index is 7.42. The second-order valence-electron chi connectivity index (χ2n) is 18.2. The fourth-order valence-corrected chi connectivity index (χ4v) is 11.0. The average Bonchev–Trinajstić information content (AvgIpc) is 3.91.